The summed E-state index contributed by atoms with van der Waals surface area (Å²) in [7, 11) is 3.14. The van der Waals surface area contributed by atoms with Crippen LogP contribution in [0.2, 0.25) is 0 Å². The van der Waals surface area contributed by atoms with Crippen molar-refractivity contribution in [2.24, 2.45) is 0 Å². The molecule has 0 radical (unpaired) electrons. The van der Waals surface area contributed by atoms with Crippen LogP contribution >= 0.6 is 11.8 Å². The van der Waals surface area contributed by atoms with Crippen LogP contribution in [0.25, 0.3) is 0 Å². The number of ketones is 4. The van der Waals surface area contributed by atoms with Gasteiger partial charge in [-0.25, -0.2) is 9.63 Å². The molecule has 4 rings (SSSR count). The first kappa shape index (κ1) is 52.2. The molecule has 0 bridgehead atoms. The summed E-state index contributed by atoms with van der Waals surface area (Å²) in [6, 6.07) is 31.1. The zero-order valence-corrected chi connectivity index (χ0v) is 38.2. The molecule has 2 aromatic carbocycles. The van der Waals surface area contributed by atoms with Crippen molar-refractivity contribution in [2.45, 2.75) is 89.6 Å². The van der Waals surface area contributed by atoms with Crippen LogP contribution < -0.4 is 10.2 Å². The fourth-order valence-electron chi connectivity index (χ4n) is 6.60. The van der Waals surface area contributed by atoms with E-state index in [0.717, 1.165) is 22.5 Å². The van der Waals surface area contributed by atoms with Gasteiger partial charge in [0.2, 0.25) is 11.8 Å². The lowest BCUT2D eigenvalue weighted by Crippen LogP contribution is -2.36. The van der Waals surface area contributed by atoms with E-state index in [-0.39, 0.29) is 105 Å². The standard InChI is InChI=1S/C27H35N3O5.C22H26ClN3O3/c1-27(2,3)35-26(34)29-18-23(31)13-14-25(33)30(4)19-24(32)17-21(20-10-6-5-7-11-20)16-22-12-8-9-15-28-22;1-26(22(29)11-10-20(27)15-25-23)16-21(28)14-18(17-7-3-2-4-8-17)13-19-9-5-6-12-24-19/h5-12,15,21H,13-14,16-19H2,1-4H3,(H,29,34);2-9,12,18,25H,10-11,13-16H2,1H3/t21-;18-/m11/s1. The van der Waals surface area contributed by atoms with Crippen LogP contribution in [0.5, 0.6) is 0 Å². The van der Waals surface area contributed by atoms with Crippen LogP contribution in [0.15, 0.2) is 109 Å². The SMILES string of the molecule is CN(CC(=O)C[C@@H](Cc1ccccn1)c1ccccc1)C(=O)CCC(=O)CNC(=O)OC(C)(C)C.CN(CC(=O)C[C@@H](Cc1ccccn1)c1ccccc1)C(=O)CCC(=O)CNCl. The van der Waals surface area contributed by atoms with Gasteiger partial charge >= 0.3 is 6.09 Å². The predicted octanol–water partition coefficient (Wildman–Crippen LogP) is 6.62. The maximum Gasteiger partial charge on any atom is 0.408 e. The first-order valence-corrected chi connectivity index (χ1v) is 21.7. The highest BCUT2D eigenvalue weighted by atomic mass is 35.5. The molecule has 0 fully saturated rings. The number of Topliss-reactive ketones (excluding diaryl/α,β-unsaturated/α-hetero) is 4. The van der Waals surface area contributed by atoms with E-state index in [1.165, 1.54) is 9.80 Å². The van der Waals surface area contributed by atoms with Crippen molar-refractivity contribution >= 4 is 52.8 Å². The van der Waals surface area contributed by atoms with Crippen molar-refractivity contribution in [1.29, 1.82) is 0 Å². The fraction of sp³-hybridized carbons (Fsp3) is 0.408. The summed E-state index contributed by atoms with van der Waals surface area (Å²) in [4.78, 5) is 99.0. The minimum Gasteiger partial charge on any atom is -0.444 e. The Labute approximate surface area is 381 Å². The molecule has 15 heteroatoms. The fourth-order valence-corrected chi connectivity index (χ4v) is 6.75. The number of likely N-dealkylation sites (N-methyl/N-ethyl adjacent to an activating group) is 2. The molecule has 342 valence electrons. The van der Waals surface area contributed by atoms with E-state index in [2.05, 4.69) is 20.1 Å². The molecule has 0 saturated heterocycles. The zero-order chi connectivity index (χ0) is 46.9. The average molecular weight is 898 g/mol. The van der Waals surface area contributed by atoms with Crippen LogP contribution in [0, 0.1) is 0 Å². The third kappa shape index (κ3) is 21.3. The van der Waals surface area contributed by atoms with Gasteiger partial charge in [-0.2, -0.15) is 0 Å². The normalized spacial score (nSPS) is 11.8. The summed E-state index contributed by atoms with van der Waals surface area (Å²) in [5, 5.41) is 2.39. The number of carbonyl (C=O) groups is 7. The Morgan fingerprint density at radius 2 is 0.984 bits per heavy atom. The van der Waals surface area contributed by atoms with Crippen molar-refractivity contribution in [3.8, 4) is 0 Å². The van der Waals surface area contributed by atoms with Gasteiger partial charge in [0.25, 0.3) is 0 Å². The quantitative estimate of drug-likeness (QED) is 0.0721. The number of hydrogen-bond donors (Lipinski definition) is 2. The van der Waals surface area contributed by atoms with Crippen LogP contribution in [-0.2, 0) is 46.3 Å². The number of nitrogens with one attached hydrogen (secondary N) is 2. The Bertz CT molecular complexity index is 2090. The molecule has 0 aliphatic rings. The Hall–Kier alpha value is -6.12. The number of hydrogen-bond acceptors (Lipinski definition) is 11. The number of pyridine rings is 2. The molecule has 3 amide bonds. The number of halogens is 1. The van der Waals surface area contributed by atoms with Gasteiger partial charge in [-0.1, -0.05) is 72.8 Å². The first-order valence-electron chi connectivity index (χ1n) is 21.3. The lowest BCUT2D eigenvalue weighted by Gasteiger charge is -2.20. The van der Waals surface area contributed by atoms with Crippen molar-refractivity contribution in [3.05, 3.63) is 132 Å². The Kier molecular flexibility index (Phi) is 22.7. The molecular formula is C49H61ClN6O8. The number of carbonyl (C=O) groups excluding carboxylic acids is 7. The maximum atomic E-state index is 12.8. The average Bonchev–Trinajstić information content (AvgIpc) is 3.27. The summed E-state index contributed by atoms with van der Waals surface area (Å²) >= 11 is 5.28. The van der Waals surface area contributed by atoms with Gasteiger partial charge in [0.1, 0.15) is 11.4 Å². The Morgan fingerprint density at radius 3 is 1.36 bits per heavy atom. The van der Waals surface area contributed by atoms with Crippen molar-refractivity contribution < 1.29 is 38.3 Å². The largest absolute Gasteiger partial charge is 0.444 e. The zero-order valence-electron chi connectivity index (χ0n) is 37.5. The Balaban J connectivity index is 0.000000346. The van der Waals surface area contributed by atoms with Gasteiger partial charge in [-0.05, 0) is 92.6 Å². The van der Waals surface area contributed by atoms with E-state index >= 15 is 0 Å². The Morgan fingerprint density at radius 1 is 0.578 bits per heavy atom. The number of benzene rings is 2. The monoisotopic (exact) mass is 896 g/mol. The van der Waals surface area contributed by atoms with Crippen LogP contribution in [0.3, 0.4) is 0 Å². The van der Waals surface area contributed by atoms with Gasteiger partial charge in [0.15, 0.2) is 17.3 Å². The highest BCUT2D eigenvalue weighted by Crippen LogP contribution is 2.25. The van der Waals surface area contributed by atoms with Crippen LogP contribution in [0.1, 0.15) is 93.6 Å². The molecule has 0 aliphatic carbocycles. The topological polar surface area (TPSA) is 185 Å². The molecule has 14 nitrogen and oxygen atoms in total. The summed E-state index contributed by atoms with van der Waals surface area (Å²) < 4.78 is 5.08. The van der Waals surface area contributed by atoms with Gasteiger partial charge in [0, 0.05) is 76.4 Å². The second-order valence-corrected chi connectivity index (χ2v) is 16.8. The molecule has 0 unspecified atom stereocenters. The predicted molar refractivity (Wildman–Crippen MR) is 245 cm³/mol. The molecule has 64 heavy (non-hydrogen) atoms. The summed E-state index contributed by atoms with van der Waals surface area (Å²) in [6.45, 7) is 4.97. The van der Waals surface area contributed by atoms with E-state index in [0.29, 0.717) is 19.3 Å². The van der Waals surface area contributed by atoms with E-state index in [1.54, 1.807) is 47.3 Å². The third-order valence-corrected chi connectivity index (χ3v) is 9.99. The molecule has 2 heterocycles. The van der Waals surface area contributed by atoms with Crippen LogP contribution in [-0.4, -0.2) is 107 Å². The van der Waals surface area contributed by atoms with Gasteiger partial charge < -0.3 is 19.9 Å². The third-order valence-electron chi connectivity index (χ3n) is 9.86. The molecule has 0 aliphatic heterocycles. The number of aromatic nitrogens is 2. The number of ether oxygens (including phenoxy) is 1. The van der Waals surface area contributed by atoms with E-state index in [1.807, 2.05) is 97.1 Å². The van der Waals surface area contributed by atoms with Gasteiger partial charge in [-0.15, -0.1) is 0 Å². The molecule has 2 atom stereocenters. The van der Waals surface area contributed by atoms with E-state index in [9.17, 15) is 33.6 Å². The lowest BCUT2D eigenvalue weighted by molar-refractivity contribution is -0.135. The van der Waals surface area contributed by atoms with Crippen LogP contribution in [0.4, 0.5) is 4.79 Å². The second kappa shape index (κ2) is 27.8. The maximum absolute atomic E-state index is 12.8. The molecule has 0 spiro atoms. The first-order chi connectivity index (χ1) is 30.5. The van der Waals surface area contributed by atoms with E-state index in [4.69, 9.17) is 16.5 Å². The van der Waals surface area contributed by atoms with Crippen molar-refractivity contribution in [1.82, 2.24) is 29.9 Å². The minimum absolute atomic E-state index is 0.0153. The number of alkyl carbamates (subject to hydrolysis) is 1. The lowest BCUT2D eigenvalue weighted by atomic mass is 9.89. The molecule has 0 saturated carbocycles. The van der Waals surface area contributed by atoms with E-state index < -0.39 is 11.7 Å². The smallest absolute Gasteiger partial charge is 0.408 e. The minimum atomic E-state index is -0.682. The molecule has 4 aromatic rings. The number of rotatable bonds is 24. The molecule has 2 aromatic heterocycles. The van der Waals surface area contributed by atoms with Gasteiger partial charge in [-0.3, -0.25) is 38.7 Å². The van der Waals surface area contributed by atoms with Crippen molar-refractivity contribution in [3.63, 3.8) is 0 Å². The highest BCUT2D eigenvalue weighted by Gasteiger charge is 2.23. The van der Waals surface area contributed by atoms with Gasteiger partial charge in [0.05, 0.1) is 26.2 Å². The number of nitrogens with zero attached hydrogens (tertiary/aromatic N) is 4. The summed E-state index contributed by atoms with van der Waals surface area (Å²) in [6.07, 6.45) is 4.75. The molecule has 2 N–H and O–H groups in total. The number of amides is 3. The van der Waals surface area contributed by atoms with Crippen molar-refractivity contribution in [2.75, 3.05) is 40.3 Å². The summed E-state index contributed by atoms with van der Waals surface area (Å²) in [5.74, 6) is -1.13. The second-order valence-electron chi connectivity index (χ2n) is 16.5. The summed E-state index contributed by atoms with van der Waals surface area (Å²) in [5.41, 5.74) is 3.28. The highest BCUT2D eigenvalue weighted by molar-refractivity contribution is 6.14. The molecular weight excluding hydrogens is 836 g/mol.